The Morgan fingerprint density at radius 3 is 1.47 bits per heavy atom. The van der Waals surface area contributed by atoms with Crippen molar-refractivity contribution in [2.24, 2.45) is 0 Å². The quantitative estimate of drug-likeness (QED) is 0.0328. The van der Waals surface area contributed by atoms with Crippen molar-refractivity contribution in [2.45, 2.75) is 251 Å². The molecule has 2 unspecified atom stereocenters. The van der Waals surface area contributed by atoms with Crippen LogP contribution in [0.25, 0.3) is 0 Å². The molecule has 0 bridgehead atoms. The van der Waals surface area contributed by atoms with Crippen LogP contribution in [-0.2, 0) is 14.3 Å². The van der Waals surface area contributed by atoms with Gasteiger partial charge in [0.1, 0.15) is 0 Å². The first kappa shape index (κ1) is 51.3. The summed E-state index contributed by atoms with van der Waals surface area (Å²) in [6.07, 6.45) is 48.4. The summed E-state index contributed by atoms with van der Waals surface area (Å²) in [7, 11) is 0. The van der Waals surface area contributed by atoms with Crippen LogP contribution < -0.4 is 5.32 Å². The first-order chi connectivity index (χ1) is 26.0. The molecule has 3 N–H and O–H groups in total. The Morgan fingerprint density at radius 1 is 0.528 bits per heavy atom. The third-order valence-corrected chi connectivity index (χ3v) is 10.5. The minimum absolute atomic E-state index is 0.0396. The highest BCUT2D eigenvalue weighted by Gasteiger charge is 2.20. The Bertz CT molecular complexity index is 828. The first-order valence-electron chi connectivity index (χ1n) is 23.1. The van der Waals surface area contributed by atoms with Gasteiger partial charge in [-0.1, -0.05) is 192 Å². The maximum absolute atomic E-state index is 12.4. The molecule has 0 aliphatic heterocycles. The van der Waals surface area contributed by atoms with Gasteiger partial charge < -0.3 is 20.3 Å². The molecule has 0 aromatic carbocycles. The van der Waals surface area contributed by atoms with Gasteiger partial charge in [0.2, 0.25) is 5.91 Å². The SMILES string of the molecule is CCCCC/C=C\C/C=C\CCCCCCCC(=O)OCCCCCCCCCCCC(=O)NC(CO)C(O)CCCCCCCCCCCCCC. The number of carbonyl (C=O) groups is 2. The molecular weight excluding hydrogens is 659 g/mol. The van der Waals surface area contributed by atoms with Crippen LogP contribution in [0.3, 0.4) is 0 Å². The number of rotatable bonds is 42. The van der Waals surface area contributed by atoms with Crippen LogP contribution in [0, 0.1) is 0 Å². The highest BCUT2D eigenvalue weighted by atomic mass is 16.5. The van der Waals surface area contributed by atoms with Crippen molar-refractivity contribution in [3.8, 4) is 0 Å². The van der Waals surface area contributed by atoms with Crippen molar-refractivity contribution in [3.63, 3.8) is 0 Å². The Labute approximate surface area is 329 Å². The molecule has 0 heterocycles. The van der Waals surface area contributed by atoms with Crippen molar-refractivity contribution in [3.05, 3.63) is 24.3 Å². The van der Waals surface area contributed by atoms with Crippen molar-refractivity contribution in [2.75, 3.05) is 13.2 Å². The summed E-state index contributed by atoms with van der Waals surface area (Å²) >= 11 is 0. The summed E-state index contributed by atoms with van der Waals surface area (Å²) in [5.74, 6) is -0.105. The second-order valence-electron chi connectivity index (χ2n) is 15.7. The number of aliphatic hydroxyl groups excluding tert-OH is 2. The lowest BCUT2D eigenvalue weighted by Gasteiger charge is -2.22. The zero-order valence-electron chi connectivity index (χ0n) is 35.2. The van der Waals surface area contributed by atoms with E-state index in [1.807, 2.05) is 0 Å². The fourth-order valence-corrected chi connectivity index (χ4v) is 6.90. The number of nitrogens with one attached hydrogen (secondary N) is 1. The standard InChI is InChI=1S/C47H89NO5/c1-3-5-7-9-11-13-15-17-18-19-21-25-29-33-37-41-47(52)53-42-38-34-30-26-22-24-28-32-36-40-46(51)48-44(43-49)45(50)39-35-31-27-23-20-16-14-12-10-8-6-4-2/h11,13,17-18,44-45,49-50H,3-10,12,14-16,19-43H2,1-2H3,(H,48,51)/b13-11-,18-17-. The van der Waals surface area contributed by atoms with E-state index in [0.29, 0.717) is 25.9 Å². The van der Waals surface area contributed by atoms with E-state index >= 15 is 0 Å². The smallest absolute Gasteiger partial charge is 0.305 e. The molecule has 0 aliphatic carbocycles. The molecule has 6 heteroatoms. The Kier molecular flexibility index (Phi) is 41.7. The average Bonchev–Trinajstić information content (AvgIpc) is 3.16. The number of ether oxygens (including phenoxy) is 1. The highest BCUT2D eigenvalue weighted by Crippen LogP contribution is 2.15. The van der Waals surface area contributed by atoms with Crippen molar-refractivity contribution in [1.82, 2.24) is 5.32 Å². The van der Waals surface area contributed by atoms with Crippen LogP contribution >= 0.6 is 0 Å². The van der Waals surface area contributed by atoms with Gasteiger partial charge in [-0.15, -0.1) is 0 Å². The van der Waals surface area contributed by atoms with Crippen LogP contribution in [-0.4, -0.2) is 47.4 Å². The number of esters is 1. The summed E-state index contributed by atoms with van der Waals surface area (Å²) < 4.78 is 5.43. The van der Waals surface area contributed by atoms with Crippen LogP contribution in [0.2, 0.25) is 0 Å². The predicted molar refractivity (Wildman–Crippen MR) is 227 cm³/mol. The third-order valence-electron chi connectivity index (χ3n) is 10.5. The number of allylic oxidation sites excluding steroid dienone is 4. The summed E-state index contributed by atoms with van der Waals surface area (Å²) in [5, 5.41) is 23.1. The van der Waals surface area contributed by atoms with Gasteiger partial charge in [0.05, 0.1) is 25.4 Å². The van der Waals surface area contributed by atoms with Crippen LogP contribution in [0.5, 0.6) is 0 Å². The molecule has 0 aromatic rings. The molecule has 0 spiro atoms. The minimum atomic E-state index is -0.681. The topological polar surface area (TPSA) is 95.9 Å². The number of amides is 1. The van der Waals surface area contributed by atoms with Gasteiger partial charge in [0.25, 0.3) is 0 Å². The van der Waals surface area contributed by atoms with Gasteiger partial charge in [0.15, 0.2) is 0 Å². The molecule has 312 valence electrons. The van der Waals surface area contributed by atoms with Crippen LogP contribution in [0.4, 0.5) is 0 Å². The predicted octanol–water partition coefficient (Wildman–Crippen LogP) is 13.2. The number of aliphatic hydroxyl groups is 2. The summed E-state index contributed by atoms with van der Waals surface area (Å²) in [6.45, 7) is 4.84. The lowest BCUT2D eigenvalue weighted by molar-refractivity contribution is -0.143. The second-order valence-corrected chi connectivity index (χ2v) is 15.7. The monoisotopic (exact) mass is 748 g/mol. The minimum Gasteiger partial charge on any atom is -0.466 e. The molecule has 0 saturated carbocycles. The van der Waals surface area contributed by atoms with Gasteiger partial charge in [-0.25, -0.2) is 0 Å². The molecule has 0 aliphatic rings. The molecular formula is C47H89NO5. The van der Waals surface area contributed by atoms with E-state index in [1.165, 1.54) is 135 Å². The average molecular weight is 748 g/mol. The molecule has 0 fully saturated rings. The lowest BCUT2D eigenvalue weighted by Crippen LogP contribution is -2.45. The fraction of sp³-hybridized carbons (Fsp3) is 0.872. The molecule has 0 saturated heterocycles. The van der Waals surface area contributed by atoms with E-state index in [-0.39, 0.29) is 18.5 Å². The molecule has 6 nitrogen and oxygen atoms in total. The Hall–Kier alpha value is -1.66. The normalized spacial score (nSPS) is 12.9. The van der Waals surface area contributed by atoms with Gasteiger partial charge in [-0.2, -0.15) is 0 Å². The van der Waals surface area contributed by atoms with E-state index < -0.39 is 12.1 Å². The molecule has 53 heavy (non-hydrogen) atoms. The molecule has 0 radical (unpaired) electrons. The van der Waals surface area contributed by atoms with E-state index in [0.717, 1.165) is 70.6 Å². The van der Waals surface area contributed by atoms with Crippen LogP contribution in [0.1, 0.15) is 239 Å². The second kappa shape index (κ2) is 43.1. The Morgan fingerprint density at radius 2 is 0.943 bits per heavy atom. The van der Waals surface area contributed by atoms with Gasteiger partial charge >= 0.3 is 5.97 Å². The molecule has 1 amide bonds. The zero-order chi connectivity index (χ0) is 38.7. The molecule has 0 rings (SSSR count). The third kappa shape index (κ3) is 39.8. The van der Waals surface area contributed by atoms with E-state index in [4.69, 9.17) is 4.74 Å². The first-order valence-corrected chi connectivity index (χ1v) is 23.1. The van der Waals surface area contributed by atoms with Gasteiger partial charge in [-0.3, -0.25) is 9.59 Å². The van der Waals surface area contributed by atoms with Gasteiger partial charge in [0, 0.05) is 12.8 Å². The maximum atomic E-state index is 12.4. The van der Waals surface area contributed by atoms with E-state index in [1.54, 1.807) is 0 Å². The maximum Gasteiger partial charge on any atom is 0.305 e. The summed E-state index contributed by atoms with van der Waals surface area (Å²) in [6, 6.07) is -0.561. The van der Waals surface area contributed by atoms with Crippen molar-refractivity contribution in [1.29, 1.82) is 0 Å². The largest absolute Gasteiger partial charge is 0.466 e. The molecule has 2 atom stereocenters. The lowest BCUT2D eigenvalue weighted by atomic mass is 10.0. The Balaban J connectivity index is 3.51. The van der Waals surface area contributed by atoms with Gasteiger partial charge in [-0.05, 0) is 57.8 Å². The fourth-order valence-electron chi connectivity index (χ4n) is 6.90. The highest BCUT2D eigenvalue weighted by molar-refractivity contribution is 5.76. The van der Waals surface area contributed by atoms with Crippen molar-refractivity contribution < 1.29 is 24.5 Å². The van der Waals surface area contributed by atoms with E-state index in [2.05, 4.69) is 43.5 Å². The zero-order valence-corrected chi connectivity index (χ0v) is 35.2. The molecule has 0 aromatic heterocycles. The van der Waals surface area contributed by atoms with Crippen molar-refractivity contribution >= 4 is 11.9 Å². The number of carbonyl (C=O) groups excluding carboxylic acids is 2. The number of hydrogen-bond donors (Lipinski definition) is 3. The number of hydrogen-bond acceptors (Lipinski definition) is 5. The summed E-state index contributed by atoms with van der Waals surface area (Å²) in [4.78, 5) is 24.4. The van der Waals surface area contributed by atoms with Crippen LogP contribution in [0.15, 0.2) is 24.3 Å². The number of unbranched alkanes of at least 4 members (excludes halogenated alkanes) is 27. The van der Waals surface area contributed by atoms with E-state index in [9.17, 15) is 19.8 Å². The summed E-state index contributed by atoms with van der Waals surface area (Å²) in [5.41, 5.74) is 0.